The van der Waals surface area contributed by atoms with E-state index in [1.165, 1.54) is 6.07 Å². The van der Waals surface area contributed by atoms with E-state index < -0.39 is 17.0 Å². The quantitative estimate of drug-likeness (QED) is 0.222. The minimum atomic E-state index is -4.50. The fourth-order valence-electron chi connectivity index (χ4n) is 3.76. The summed E-state index contributed by atoms with van der Waals surface area (Å²) in [5, 5.41) is 13.0. The highest BCUT2D eigenvalue weighted by atomic mass is 32.1. The number of carboxylic acid groups (broad SMARTS) is 1. The molecule has 1 aromatic heterocycles. The molecule has 1 aliphatic heterocycles. The monoisotopic (exact) mass is 500 g/mol. The number of carboxylic acids is 1. The predicted octanol–water partition coefficient (Wildman–Crippen LogP) is 6.36. The Morgan fingerprint density at radius 3 is 2.43 bits per heavy atom. The molecule has 0 saturated carbocycles. The molecule has 2 heterocycles. The maximum absolute atomic E-state index is 13.6. The van der Waals surface area contributed by atoms with E-state index >= 15 is 0 Å². The highest BCUT2D eigenvalue weighted by molar-refractivity contribution is 7.13. The highest BCUT2D eigenvalue weighted by Gasteiger charge is 2.37. The average molecular weight is 501 g/mol. The molecule has 0 spiro atoms. The number of thiophene rings is 1. The molecule has 35 heavy (non-hydrogen) atoms. The summed E-state index contributed by atoms with van der Waals surface area (Å²) in [5.74, 6) is -1.03. The van der Waals surface area contributed by atoms with Crippen molar-refractivity contribution in [2.75, 3.05) is 13.1 Å². The second-order valence-corrected chi connectivity index (χ2v) is 9.39. The molecule has 1 aliphatic rings. The summed E-state index contributed by atoms with van der Waals surface area (Å²) in [5.41, 5.74) is 2.93. The summed E-state index contributed by atoms with van der Waals surface area (Å²) < 4.78 is 40.9. The maximum atomic E-state index is 13.6. The number of carbonyl (C=O) groups is 1. The zero-order valence-corrected chi connectivity index (χ0v) is 19.7. The topological polar surface area (TPSA) is 62.1 Å². The van der Waals surface area contributed by atoms with E-state index in [4.69, 9.17) is 9.94 Å². The molecular weight excluding hydrogens is 477 g/mol. The Hall–Kier alpha value is -3.43. The van der Waals surface area contributed by atoms with E-state index in [1.54, 1.807) is 37.3 Å². The lowest BCUT2D eigenvalue weighted by Gasteiger charge is -2.36. The van der Waals surface area contributed by atoms with E-state index in [0.717, 1.165) is 11.1 Å². The van der Waals surface area contributed by atoms with Crippen LogP contribution in [0, 0.1) is 5.92 Å². The number of nitrogens with zero attached hydrogens (tertiary/aromatic N) is 2. The first-order chi connectivity index (χ1) is 16.6. The van der Waals surface area contributed by atoms with Crippen molar-refractivity contribution in [3.8, 4) is 11.1 Å². The SMILES string of the molecule is C=C(O/N=C(\C)c1ccc(CN2CC(C(=O)O)C2)cc1)c1cc(-c2ccccc2)c(C(F)(F)F)s1. The van der Waals surface area contributed by atoms with E-state index in [-0.39, 0.29) is 22.1 Å². The second-order valence-electron chi connectivity index (χ2n) is 8.33. The first kappa shape index (κ1) is 24.7. The first-order valence-electron chi connectivity index (χ1n) is 10.8. The van der Waals surface area contributed by atoms with Crippen LogP contribution in [0.15, 0.2) is 72.4 Å². The Kier molecular flexibility index (Phi) is 7.09. The van der Waals surface area contributed by atoms with Gasteiger partial charge in [-0.3, -0.25) is 9.69 Å². The van der Waals surface area contributed by atoms with Crippen molar-refractivity contribution in [3.63, 3.8) is 0 Å². The van der Waals surface area contributed by atoms with Gasteiger partial charge in [-0.15, -0.1) is 11.3 Å². The molecule has 9 heteroatoms. The zero-order chi connectivity index (χ0) is 25.2. The number of oxime groups is 1. The van der Waals surface area contributed by atoms with Gasteiger partial charge in [0.05, 0.1) is 16.5 Å². The van der Waals surface area contributed by atoms with Crippen LogP contribution in [-0.2, 0) is 22.4 Å². The summed E-state index contributed by atoms with van der Waals surface area (Å²) in [7, 11) is 0. The van der Waals surface area contributed by atoms with Crippen molar-refractivity contribution >= 4 is 28.8 Å². The van der Waals surface area contributed by atoms with Gasteiger partial charge in [0.15, 0.2) is 5.76 Å². The first-order valence-corrected chi connectivity index (χ1v) is 11.7. The van der Waals surface area contributed by atoms with Gasteiger partial charge in [-0.25, -0.2) is 0 Å². The van der Waals surface area contributed by atoms with Crippen LogP contribution < -0.4 is 0 Å². The van der Waals surface area contributed by atoms with Gasteiger partial charge in [0.2, 0.25) is 0 Å². The lowest BCUT2D eigenvalue weighted by Crippen LogP contribution is -2.49. The molecule has 0 atom stereocenters. The second kappa shape index (κ2) is 10.1. The average Bonchev–Trinajstić information content (AvgIpc) is 3.26. The van der Waals surface area contributed by atoms with Crippen molar-refractivity contribution in [1.29, 1.82) is 0 Å². The number of benzene rings is 2. The number of hydrogen-bond donors (Lipinski definition) is 1. The van der Waals surface area contributed by atoms with Crippen LogP contribution in [0.5, 0.6) is 0 Å². The van der Waals surface area contributed by atoms with Crippen LogP contribution in [0.25, 0.3) is 16.9 Å². The number of alkyl halides is 3. The van der Waals surface area contributed by atoms with Crippen LogP contribution in [-0.4, -0.2) is 34.8 Å². The lowest BCUT2D eigenvalue weighted by atomic mass is 9.99. The molecule has 0 radical (unpaired) electrons. The number of hydrogen-bond acceptors (Lipinski definition) is 5. The molecule has 5 nitrogen and oxygen atoms in total. The third-order valence-corrected chi connectivity index (χ3v) is 6.95. The standard InChI is InChI=1S/C26H23F3N2O3S/c1-16(19-10-8-18(9-11-19)13-31-14-21(15-31)25(32)33)30-34-17(2)23-12-22(20-6-4-3-5-7-20)24(35-23)26(27,28)29/h3-12,21H,2,13-15H2,1H3,(H,32,33)/b30-16+. The number of likely N-dealkylation sites (tertiary alicyclic amines) is 1. The van der Waals surface area contributed by atoms with Gasteiger partial charge in [0.1, 0.15) is 4.88 Å². The van der Waals surface area contributed by atoms with Gasteiger partial charge < -0.3 is 9.94 Å². The van der Waals surface area contributed by atoms with Gasteiger partial charge in [0, 0.05) is 25.2 Å². The van der Waals surface area contributed by atoms with Crippen LogP contribution in [0.2, 0.25) is 0 Å². The number of aliphatic carboxylic acids is 1. The molecule has 1 saturated heterocycles. The fraction of sp³-hybridized carbons (Fsp3) is 0.231. The minimum absolute atomic E-state index is 0.0319. The Morgan fingerprint density at radius 2 is 1.83 bits per heavy atom. The third-order valence-electron chi connectivity index (χ3n) is 5.73. The summed E-state index contributed by atoms with van der Waals surface area (Å²) in [6.07, 6.45) is -4.50. The largest absolute Gasteiger partial charge is 0.481 e. The summed E-state index contributed by atoms with van der Waals surface area (Å²) in [6.45, 7) is 7.25. The molecular formula is C26H23F3N2O3S. The van der Waals surface area contributed by atoms with Gasteiger partial charge in [-0.2, -0.15) is 13.2 Å². The summed E-state index contributed by atoms with van der Waals surface area (Å²) >= 11 is 0.574. The van der Waals surface area contributed by atoms with Gasteiger partial charge in [-0.05, 0) is 29.7 Å². The number of halogens is 3. The van der Waals surface area contributed by atoms with E-state index in [0.29, 0.717) is 42.2 Å². The third kappa shape index (κ3) is 5.80. The summed E-state index contributed by atoms with van der Waals surface area (Å²) in [6, 6.07) is 17.4. The zero-order valence-electron chi connectivity index (χ0n) is 18.9. The van der Waals surface area contributed by atoms with Crippen molar-refractivity contribution in [3.05, 3.63) is 88.1 Å². The van der Waals surface area contributed by atoms with E-state index in [1.807, 2.05) is 24.3 Å². The van der Waals surface area contributed by atoms with Crippen LogP contribution >= 0.6 is 11.3 Å². The Morgan fingerprint density at radius 1 is 1.17 bits per heavy atom. The molecule has 0 amide bonds. The molecule has 4 rings (SSSR count). The molecule has 0 bridgehead atoms. The van der Waals surface area contributed by atoms with Crippen molar-refractivity contribution in [2.24, 2.45) is 11.1 Å². The molecule has 2 aromatic carbocycles. The van der Waals surface area contributed by atoms with Crippen molar-refractivity contribution in [1.82, 2.24) is 4.90 Å². The Balaban J connectivity index is 1.42. The van der Waals surface area contributed by atoms with Gasteiger partial charge in [0.25, 0.3) is 0 Å². The Bertz CT molecular complexity index is 1250. The normalized spacial score (nSPS) is 15.0. The van der Waals surface area contributed by atoms with Crippen LogP contribution in [0.1, 0.15) is 27.8 Å². The molecule has 0 unspecified atom stereocenters. The molecule has 0 aliphatic carbocycles. The lowest BCUT2D eigenvalue weighted by molar-refractivity contribution is -0.147. The molecule has 1 fully saturated rings. The predicted molar refractivity (Wildman–Crippen MR) is 130 cm³/mol. The fourth-order valence-corrected chi connectivity index (χ4v) is 4.71. The number of rotatable bonds is 8. The van der Waals surface area contributed by atoms with E-state index in [2.05, 4.69) is 16.6 Å². The molecule has 3 aromatic rings. The van der Waals surface area contributed by atoms with Gasteiger partial charge in [-0.1, -0.05) is 66.3 Å². The summed E-state index contributed by atoms with van der Waals surface area (Å²) in [4.78, 5) is 17.9. The molecule has 182 valence electrons. The maximum Gasteiger partial charge on any atom is 0.426 e. The van der Waals surface area contributed by atoms with E-state index in [9.17, 15) is 18.0 Å². The van der Waals surface area contributed by atoms with Crippen molar-refractivity contribution in [2.45, 2.75) is 19.6 Å². The van der Waals surface area contributed by atoms with Crippen molar-refractivity contribution < 1.29 is 27.9 Å². The molecule has 1 N–H and O–H groups in total. The Labute approximate surface area is 204 Å². The van der Waals surface area contributed by atoms with Crippen LogP contribution in [0.4, 0.5) is 13.2 Å². The van der Waals surface area contributed by atoms with Gasteiger partial charge >= 0.3 is 12.1 Å². The van der Waals surface area contributed by atoms with Crippen LogP contribution in [0.3, 0.4) is 0 Å². The smallest absolute Gasteiger partial charge is 0.426 e. The highest BCUT2D eigenvalue weighted by Crippen LogP contribution is 2.44. The minimum Gasteiger partial charge on any atom is -0.481 e.